The molecule has 0 aliphatic rings. The maximum Gasteiger partial charge on any atom is 0.325 e. The molecular formula is C14H23N3O4S. The summed E-state index contributed by atoms with van der Waals surface area (Å²) in [5.41, 5.74) is 0. The SMILES string of the molecule is CC(C)N(C(C)C)S(=O)(=O)c1ccc(N[C@@H](C)C(=O)O)nc1. The van der Waals surface area contributed by atoms with Crippen molar-refractivity contribution in [2.45, 2.75) is 57.6 Å². The first-order chi connectivity index (χ1) is 10.1. The van der Waals surface area contributed by atoms with Gasteiger partial charge in [0.2, 0.25) is 10.0 Å². The van der Waals surface area contributed by atoms with Gasteiger partial charge in [-0.15, -0.1) is 0 Å². The lowest BCUT2D eigenvalue weighted by molar-refractivity contribution is -0.137. The fraction of sp³-hybridized carbons (Fsp3) is 0.571. The molecule has 0 unspecified atom stereocenters. The molecule has 0 spiro atoms. The van der Waals surface area contributed by atoms with Crippen LogP contribution in [-0.2, 0) is 14.8 Å². The third-order valence-electron chi connectivity index (χ3n) is 3.06. The van der Waals surface area contributed by atoms with Crippen molar-refractivity contribution in [1.29, 1.82) is 0 Å². The van der Waals surface area contributed by atoms with Crippen LogP contribution in [0.3, 0.4) is 0 Å². The van der Waals surface area contributed by atoms with Crippen LogP contribution in [0, 0.1) is 0 Å². The second-order valence-corrected chi connectivity index (χ2v) is 7.45. The normalized spacial score (nSPS) is 13.6. The molecule has 1 heterocycles. The van der Waals surface area contributed by atoms with Crippen LogP contribution in [0.25, 0.3) is 0 Å². The van der Waals surface area contributed by atoms with Gasteiger partial charge in [-0.2, -0.15) is 4.31 Å². The first-order valence-corrected chi connectivity index (χ1v) is 8.50. The summed E-state index contributed by atoms with van der Waals surface area (Å²) in [5.74, 6) is -0.696. The summed E-state index contributed by atoms with van der Waals surface area (Å²) in [6, 6.07) is 1.74. The molecule has 0 aromatic carbocycles. The molecule has 22 heavy (non-hydrogen) atoms. The molecular weight excluding hydrogens is 306 g/mol. The highest BCUT2D eigenvalue weighted by atomic mass is 32.2. The van der Waals surface area contributed by atoms with Crippen molar-refractivity contribution >= 4 is 21.8 Å². The summed E-state index contributed by atoms with van der Waals surface area (Å²) in [7, 11) is -3.63. The van der Waals surface area contributed by atoms with Crippen molar-refractivity contribution in [3.8, 4) is 0 Å². The Morgan fingerprint density at radius 3 is 2.09 bits per heavy atom. The van der Waals surface area contributed by atoms with Crippen LogP contribution in [0.5, 0.6) is 0 Å². The highest BCUT2D eigenvalue weighted by Crippen LogP contribution is 2.21. The Bertz CT molecular complexity index is 603. The minimum Gasteiger partial charge on any atom is -0.480 e. The van der Waals surface area contributed by atoms with Crippen molar-refractivity contribution in [2.75, 3.05) is 5.32 Å². The molecule has 0 saturated carbocycles. The zero-order chi connectivity index (χ0) is 17.1. The van der Waals surface area contributed by atoms with E-state index in [0.717, 1.165) is 0 Å². The van der Waals surface area contributed by atoms with Crippen LogP contribution in [0.1, 0.15) is 34.6 Å². The van der Waals surface area contributed by atoms with E-state index in [4.69, 9.17) is 5.11 Å². The van der Waals surface area contributed by atoms with Crippen molar-refractivity contribution in [3.63, 3.8) is 0 Å². The van der Waals surface area contributed by atoms with E-state index >= 15 is 0 Å². The molecule has 1 aromatic heterocycles. The topological polar surface area (TPSA) is 99.6 Å². The standard InChI is InChI=1S/C14H23N3O4S/c1-9(2)17(10(3)4)22(20,21)12-6-7-13(15-8-12)16-11(5)14(18)19/h6-11H,1-5H3,(H,15,16)(H,18,19)/t11-/m0/s1. The molecule has 1 aromatic rings. The lowest BCUT2D eigenvalue weighted by Gasteiger charge is -2.29. The quantitative estimate of drug-likeness (QED) is 0.791. The molecule has 0 aliphatic carbocycles. The number of nitrogens with one attached hydrogen (secondary N) is 1. The van der Waals surface area contributed by atoms with Gasteiger partial charge in [0.1, 0.15) is 16.8 Å². The fourth-order valence-corrected chi connectivity index (χ4v) is 3.95. The molecule has 0 radical (unpaired) electrons. The van der Waals surface area contributed by atoms with Gasteiger partial charge in [0.15, 0.2) is 0 Å². The number of aromatic nitrogens is 1. The summed E-state index contributed by atoms with van der Waals surface area (Å²) < 4.78 is 26.7. The number of rotatable bonds is 7. The number of nitrogens with zero attached hydrogens (tertiary/aromatic N) is 2. The van der Waals surface area contributed by atoms with E-state index in [0.29, 0.717) is 5.82 Å². The van der Waals surface area contributed by atoms with Gasteiger partial charge in [-0.05, 0) is 46.8 Å². The van der Waals surface area contributed by atoms with Gasteiger partial charge in [0.05, 0.1) is 0 Å². The van der Waals surface area contributed by atoms with Crippen LogP contribution < -0.4 is 5.32 Å². The number of anilines is 1. The molecule has 0 amide bonds. The van der Waals surface area contributed by atoms with E-state index in [2.05, 4.69) is 10.3 Å². The Morgan fingerprint density at radius 1 is 1.18 bits per heavy atom. The van der Waals surface area contributed by atoms with Crippen LogP contribution in [0.2, 0.25) is 0 Å². The minimum absolute atomic E-state index is 0.0865. The van der Waals surface area contributed by atoms with Crippen LogP contribution in [0.4, 0.5) is 5.82 Å². The summed E-state index contributed by atoms with van der Waals surface area (Å²) in [4.78, 5) is 14.9. The average Bonchev–Trinajstić information content (AvgIpc) is 2.37. The number of hydrogen-bond donors (Lipinski definition) is 2. The highest BCUT2D eigenvalue weighted by Gasteiger charge is 2.29. The Kier molecular flexibility index (Phi) is 5.90. The summed E-state index contributed by atoms with van der Waals surface area (Å²) in [6.45, 7) is 8.74. The Labute approximate surface area is 131 Å². The third kappa shape index (κ3) is 4.17. The Morgan fingerprint density at radius 2 is 1.73 bits per heavy atom. The van der Waals surface area contributed by atoms with Gasteiger partial charge in [-0.3, -0.25) is 4.79 Å². The highest BCUT2D eigenvalue weighted by molar-refractivity contribution is 7.89. The van der Waals surface area contributed by atoms with E-state index < -0.39 is 22.0 Å². The number of carboxylic acids is 1. The molecule has 1 rings (SSSR count). The van der Waals surface area contributed by atoms with Gasteiger partial charge in [0.25, 0.3) is 0 Å². The molecule has 0 aliphatic heterocycles. The molecule has 7 nitrogen and oxygen atoms in total. The van der Waals surface area contributed by atoms with Crippen LogP contribution >= 0.6 is 0 Å². The third-order valence-corrected chi connectivity index (χ3v) is 5.30. The number of carboxylic acid groups (broad SMARTS) is 1. The molecule has 0 bridgehead atoms. The number of pyridine rings is 1. The lowest BCUT2D eigenvalue weighted by Crippen LogP contribution is -2.41. The van der Waals surface area contributed by atoms with Gasteiger partial charge >= 0.3 is 5.97 Å². The van der Waals surface area contributed by atoms with Crippen LogP contribution in [-0.4, -0.2) is 46.9 Å². The van der Waals surface area contributed by atoms with Crippen LogP contribution in [0.15, 0.2) is 23.2 Å². The fourth-order valence-electron chi connectivity index (χ4n) is 2.17. The molecule has 2 N–H and O–H groups in total. The zero-order valence-electron chi connectivity index (χ0n) is 13.4. The van der Waals surface area contributed by atoms with Gasteiger partial charge in [-0.25, -0.2) is 13.4 Å². The van der Waals surface area contributed by atoms with Crippen molar-refractivity contribution < 1.29 is 18.3 Å². The maximum absolute atomic E-state index is 12.6. The number of aliphatic carboxylic acids is 1. The summed E-state index contributed by atoms with van der Waals surface area (Å²) in [6.07, 6.45) is 1.24. The van der Waals surface area contributed by atoms with Gasteiger partial charge < -0.3 is 10.4 Å². The van der Waals surface area contributed by atoms with E-state index in [1.807, 2.05) is 27.7 Å². The maximum atomic E-state index is 12.6. The van der Waals surface area contributed by atoms with Crippen molar-refractivity contribution in [1.82, 2.24) is 9.29 Å². The Balaban J connectivity index is 3.05. The largest absolute Gasteiger partial charge is 0.480 e. The predicted molar refractivity (Wildman–Crippen MR) is 84.3 cm³/mol. The van der Waals surface area contributed by atoms with E-state index in [1.54, 1.807) is 0 Å². The van der Waals surface area contributed by atoms with Gasteiger partial charge in [0, 0.05) is 18.3 Å². The number of hydrogen-bond acceptors (Lipinski definition) is 5. The monoisotopic (exact) mass is 329 g/mol. The van der Waals surface area contributed by atoms with Gasteiger partial charge in [-0.1, -0.05) is 0 Å². The van der Waals surface area contributed by atoms with Crippen molar-refractivity contribution in [2.24, 2.45) is 0 Å². The molecule has 124 valence electrons. The molecule has 8 heteroatoms. The zero-order valence-corrected chi connectivity index (χ0v) is 14.3. The smallest absolute Gasteiger partial charge is 0.325 e. The van der Waals surface area contributed by atoms with E-state index in [1.165, 1.54) is 29.6 Å². The first-order valence-electron chi connectivity index (χ1n) is 7.06. The van der Waals surface area contributed by atoms with E-state index in [-0.39, 0.29) is 17.0 Å². The first kappa shape index (κ1) is 18.4. The molecule has 0 saturated heterocycles. The van der Waals surface area contributed by atoms with Crippen molar-refractivity contribution in [3.05, 3.63) is 18.3 Å². The lowest BCUT2D eigenvalue weighted by atomic mass is 10.3. The number of sulfonamides is 1. The summed E-state index contributed by atoms with van der Waals surface area (Å²) >= 11 is 0. The van der Waals surface area contributed by atoms with E-state index in [9.17, 15) is 13.2 Å². The second-order valence-electron chi connectivity index (χ2n) is 5.61. The number of carbonyl (C=O) groups is 1. The second kappa shape index (κ2) is 7.06. The minimum atomic E-state index is -3.63. The Hall–Kier alpha value is -1.67. The molecule has 0 fully saturated rings. The molecule has 1 atom stereocenters. The summed E-state index contributed by atoms with van der Waals surface area (Å²) in [5, 5.41) is 11.5. The average molecular weight is 329 g/mol. The predicted octanol–water partition coefficient (Wildman–Crippen LogP) is 1.77.